The first-order valence-electron chi connectivity index (χ1n) is 6.01. The molecule has 1 saturated heterocycles. The van der Waals surface area contributed by atoms with Crippen LogP contribution in [-0.2, 0) is 15.0 Å². The van der Waals surface area contributed by atoms with Gasteiger partial charge < -0.3 is 5.73 Å². The minimum atomic E-state index is -3.68. The Labute approximate surface area is 114 Å². The fourth-order valence-corrected chi connectivity index (χ4v) is 3.63. The van der Waals surface area contributed by atoms with E-state index in [1.807, 2.05) is 6.92 Å². The summed E-state index contributed by atoms with van der Waals surface area (Å²) in [5, 5.41) is 0. The third-order valence-electron chi connectivity index (χ3n) is 3.69. The van der Waals surface area contributed by atoms with Crippen molar-refractivity contribution in [1.29, 1.82) is 0 Å². The molecule has 0 spiro atoms. The number of amides is 1. The maximum absolute atomic E-state index is 11.9. The zero-order valence-corrected chi connectivity index (χ0v) is 12.0. The lowest BCUT2D eigenvalue weighted by Gasteiger charge is -2.18. The van der Waals surface area contributed by atoms with Gasteiger partial charge in [-0.2, -0.15) is 12.7 Å². The van der Waals surface area contributed by atoms with Gasteiger partial charge >= 0.3 is 10.2 Å². The van der Waals surface area contributed by atoms with Gasteiger partial charge in [0.25, 0.3) is 5.91 Å². The lowest BCUT2D eigenvalue weighted by atomic mass is 10.2. The van der Waals surface area contributed by atoms with Crippen LogP contribution in [0.1, 0.15) is 32.6 Å². The number of nitrogens with zero attached hydrogens (tertiary/aromatic N) is 1. The van der Waals surface area contributed by atoms with Crippen LogP contribution in [0.5, 0.6) is 0 Å². The van der Waals surface area contributed by atoms with E-state index in [-0.39, 0.29) is 18.3 Å². The fraction of sp³-hybridized carbons (Fsp3) is 0.900. The van der Waals surface area contributed by atoms with Gasteiger partial charge in [0.2, 0.25) is 0 Å². The van der Waals surface area contributed by atoms with Gasteiger partial charge in [-0.25, -0.2) is 4.72 Å². The van der Waals surface area contributed by atoms with Gasteiger partial charge in [0, 0.05) is 13.1 Å². The molecule has 2 rings (SSSR count). The summed E-state index contributed by atoms with van der Waals surface area (Å²) in [4.78, 5) is 11.8. The summed E-state index contributed by atoms with van der Waals surface area (Å²) >= 11 is 0. The molecule has 0 aromatic carbocycles. The summed E-state index contributed by atoms with van der Waals surface area (Å²) in [7, 11) is -3.68. The number of nitrogens with two attached hydrogens (primary N) is 1. The molecule has 0 unspecified atom stereocenters. The van der Waals surface area contributed by atoms with Gasteiger partial charge in [-0.05, 0) is 25.2 Å². The van der Waals surface area contributed by atoms with Gasteiger partial charge in [-0.15, -0.1) is 12.4 Å². The molecule has 2 aliphatic rings. The summed E-state index contributed by atoms with van der Waals surface area (Å²) in [5.41, 5.74) is 4.89. The average molecular weight is 298 g/mol. The SMILES string of the molecule is CC[C@@H]1C[C@]1(N)C(=O)NS(=O)(=O)N1CCCC1.Cl. The van der Waals surface area contributed by atoms with Crippen LogP contribution >= 0.6 is 12.4 Å². The van der Waals surface area contributed by atoms with Crippen molar-refractivity contribution in [2.24, 2.45) is 11.7 Å². The van der Waals surface area contributed by atoms with Crippen molar-refractivity contribution in [3.8, 4) is 0 Å². The van der Waals surface area contributed by atoms with E-state index in [2.05, 4.69) is 4.72 Å². The van der Waals surface area contributed by atoms with Crippen molar-refractivity contribution in [3.63, 3.8) is 0 Å². The first-order chi connectivity index (χ1) is 7.90. The predicted molar refractivity (Wildman–Crippen MR) is 70.4 cm³/mol. The Morgan fingerprint density at radius 2 is 2.00 bits per heavy atom. The van der Waals surface area contributed by atoms with Gasteiger partial charge in [-0.1, -0.05) is 13.3 Å². The molecule has 2 atom stereocenters. The Hall–Kier alpha value is -0.370. The van der Waals surface area contributed by atoms with Gasteiger partial charge in [-0.3, -0.25) is 4.79 Å². The number of halogens is 1. The van der Waals surface area contributed by atoms with Crippen molar-refractivity contribution in [1.82, 2.24) is 9.03 Å². The van der Waals surface area contributed by atoms with E-state index in [4.69, 9.17) is 5.73 Å². The molecular weight excluding hydrogens is 278 g/mol. The number of hydrogen-bond donors (Lipinski definition) is 2. The lowest BCUT2D eigenvalue weighted by molar-refractivity contribution is -0.121. The van der Waals surface area contributed by atoms with E-state index < -0.39 is 21.7 Å². The molecule has 8 heteroatoms. The summed E-state index contributed by atoms with van der Waals surface area (Å²) in [6, 6.07) is 0. The minimum absolute atomic E-state index is 0. The highest BCUT2D eigenvalue weighted by Gasteiger charge is 2.56. The third-order valence-corrected chi connectivity index (χ3v) is 5.18. The maximum atomic E-state index is 11.9. The summed E-state index contributed by atoms with van der Waals surface area (Å²) in [6.07, 6.45) is 3.07. The molecule has 1 saturated carbocycles. The Morgan fingerprint density at radius 1 is 1.44 bits per heavy atom. The molecule has 1 heterocycles. The molecule has 0 aromatic rings. The van der Waals surface area contributed by atoms with Crippen LogP contribution in [0.15, 0.2) is 0 Å². The summed E-state index contributed by atoms with van der Waals surface area (Å²) < 4.78 is 27.1. The van der Waals surface area contributed by atoms with Crippen molar-refractivity contribution in [3.05, 3.63) is 0 Å². The zero-order valence-electron chi connectivity index (χ0n) is 10.4. The van der Waals surface area contributed by atoms with Crippen molar-refractivity contribution < 1.29 is 13.2 Å². The van der Waals surface area contributed by atoms with Crippen LogP contribution in [0.4, 0.5) is 0 Å². The lowest BCUT2D eigenvalue weighted by Crippen LogP contribution is -2.50. The number of nitrogens with one attached hydrogen (secondary N) is 1. The van der Waals surface area contributed by atoms with E-state index in [0.29, 0.717) is 19.5 Å². The molecule has 0 bridgehead atoms. The highest BCUT2D eigenvalue weighted by Crippen LogP contribution is 2.43. The molecule has 0 aromatic heterocycles. The summed E-state index contributed by atoms with van der Waals surface area (Å²) in [5.74, 6) is -0.451. The Kier molecular flexibility index (Phi) is 4.64. The Balaban J connectivity index is 0.00000162. The van der Waals surface area contributed by atoms with E-state index >= 15 is 0 Å². The number of hydrogen-bond acceptors (Lipinski definition) is 4. The average Bonchev–Trinajstić information content (AvgIpc) is 2.72. The second-order valence-electron chi connectivity index (χ2n) is 4.89. The van der Waals surface area contributed by atoms with Crippen LogP contribution in [0.2, 0.25) is 0 Å². The molecular formula is C10H20ClN3O3S. The van der Waals surface area contributed by atoms with Crippen molar-refractivity contribution in [2.45, 2.75) is 38.1 Å². The topological polar surface area (TPSA) is 92.5 Å². The Morgan fingerprint density at radius 3 is 2.44 bits per heavy atom. The molecule has 0 radical (unpaired) electrons. The van der Waals surface area contributed by atoms with Crippen LogP contribution in [0.25, 0.3) is 0 Å². The third kappa shape index (κ3) is 2.79. The zero-order chi connectivity index (χ0) is 12.7. The normalized spacial score (nSPS) is 31.8. The maximum Gasteiger partial charge on any atom is 0.303 e. The van der Waals surface area contributed by atoms with Crippen molar-refractivity contribution >= 4 is 28.5 Å². The molecule has 2 fully saturated rings. The molecule has 18 heavy (non-hydrogen) atoms. The van der Waals surface area contributed by atoms with Gasteiger partial charge in [0.05, 0.1) is 5.54 Å². The number of rotatable bonds is 4. The first-order valence-corrected chi connectivity index (χ1v) is 7.45. The standard InChI is InChI=1S/C10H19N3O3S.ClH/c1-2-8-7-10(8,11)9(14)12-17(15,16)13-5-3-4-6-13;/h8H,2-7,11H2,1H3,(H,12,14);1H/t8-,10-;/m1./s1. The van der Waals surface area contributed by atoms with E-state index in [9.17, 15) is 13.2 Å². The fourth-order valence-electron chi connectivity index (χ4n) is 2.34. The Bertz CT molecular complexity index is 422. The molecule has 1 aliphatic heterocycles. The molecule has 1 aliphatic carbocycles. The first kappa shape index (κ1) is 15.7. The second kappa shape index (κ2) is 5.32. The molecule has 106 valence electrons. The predicted octanol–water partition coefficient (Wildman–Crippen LogP) is -0.00760. The van der Waals surface area contributed by atoms with Crippen LogP contribution in [0, 0.1) is 5.92 Å². The monoisotopic (exact) mass is 297 g/mol. The highest BCUT2D eigenvalue weighted by molar-refractivity contribution is 7.87. The molecule has 3 N–H and O–H groups in total. The van der Waals surface area contributed by atoms with Crippen LogP contribution in [-0.4, -0.2) is 37.3 Å². The smallest absolute Gasteiger partial charge is 0.303 e. The van der Waals surface area contributed by atoms with Gasteiger partial charge in [0.1, 0.15) is 0 Å². The van der Waals surface area contributed by atoms with E-state index in [1.165, 1.54) is 4.31 Å². The quantitative estimate of drug-likeness (QED) is 0.763. The summed E-state index contributed by atoms with van der Waals surface area (Å²) in [6.45, 7) is 2.91. The second-order valence-corrected chi connectivity index (χ2v) is 6.56. The minimum Gasteiger partial charge on any atom is -0.317 e. The van der Waals surface area contributed by atoms with E-state index in [1.54, 1.807) is 0 Å². The molecule has 1 amide bonds. The molecule has 6 nitrogen and oxygen atoms in total. The van der Waals surface area contributed by atoms with Gasteiger partial charge in [0.15, 0.2) is 0 Å². The number of carbonyl (C=O) groups is 1. The highest BCUT2D eigenvalue weighted by atomic mass is 35.5. The largest absolute Gasteiger partial charge is 0.317 e. The van der Waals surface area contributed by atoms with E-state index in [0.717, 1.165) is 19.3 Å². The van der Waals surface area contributed by atoms with Crippen molar-refractivity contribution in [2.75, 3.05) is 13.1 Å². The van der Waals surface area contributed by atoms with Crippen LogP contribution in [0.3, 0.4) is 0 Å². The van der Waals surface area contributed by atoms with Crippen LogP contribution < -0.4 is 10.5 Å². The number of carbonyl (C=O) groups excluding carboxylic acids is 1.